The van der Waals surface area contributed by atoms with Crippen molar-refractivity contribution in [3.63, 3.8) is 0 Å². The maximum Gasteiger partial charge on any atom is 0.0931 e. The van der Waals surface area contributed by atoms with Gasteiger partial charge in [-0.3, -0.25) is 0 Å². The molecule has 2 rings (SSSR count). The lowest BCUT2D eigenvalue weighted by molar-refractivity contribution is 0.131. The van der Waals surface area contributed by atoms with E-state index in [2.05, 4.69) is 5.32 Å². The van der Waals surface area contributed by atoms with E-state index in [0.29, 0.717) is 5.92 Å². The molecule has 1 aromatic rings. The number of hydrogen-bond acceptors (Lipinski definition) is 3. The Morgan fingerprint density at radius 1 is 1.47 bits per heavy atom. The molecule has 4 heteroatoms. The minimum atomic E-state index is -0.0931. The zero-order chi connectivity index (χ0) is 10.7. The predicted molar refractivity (Wildman–Crippen MR) is 64.4 cm³/mol. The lowest BCUT2D eigenvalue weighted by Crippen LogP contribution is -2.27. The molecule has 84 valence electrons. The highest BCUT2D eigenvalue weighted by molar-refractivity contribution is 7.16. The van der Waals surface area contributed by atoms with E-state index >= 15 is 0 Å². The first-order valence-corrected chi connectivity index (χ1v) is 6.58. The van der Waals surface area contributed by atoms with Gasteiger partial charge >= 0.3 is 0 Å². The summed E-state index contributed by atoms with van der Waals surface area (Å²) in [6.07, 6.45) is 3.19. The first-order chi connectivity index (χ1) is 7.25. The molecule has 1 aliphatic rings. The Bertz CT molecular complexity index is 315. The Labute approximate surface area is 99.3 Å². The fraction of sp³-hybridized carbons (Fsp3) is 0.636. The van der Waals surface area contributed by atoms with Crippen molar-refractivity contribution >= 4 is 22.9 Å². The summed E-state index contributed by atoms with van der Waals surface area (Å²) >= 11 is 7.45. The Hall–Kier alpha value is -0.0900. The molecule has 1 fully saturated rings. The van der Waals surface area contributed by atoms with E-state index in [1.54, 1.807) is 11.3 Å². The summed E-state index contributed by atoms with van der Waals surface area (Å²) in [5.41, 5.74) is 0. The summed E-state index contributed by atoms with van der Waals surface area (Å²) in [7, 11) is 0. The van der Waals surface area contributed by atoms with E-state index in [1.165, 1.54) is 11.3 Å². The van der Waals surface area contributed by atoms with Crippen molar-refractivity contribution in [2.45, 2.75) is 31.9 Å². The molecular formula is C11H16ClNOS. The van der Waals surface area contributed by atoms with Crippen LogP contribution in [-0.2, 0) is 6.54 Å². The predicted octanol–water partition coefficient (Wildman–Crippen LogP) is 2.65. The third kappa shape index (κ3) is 3.18. The van der Waals surface area contributed by atoms with Crippen molar-refractivity contribution in [1.82, 2.24) is 5.32 Å². The highest BCUT2D eigenvalue weighted by Crippen LogP contribution is 2.25. The molecule has 2 unspecified atom stereocenters. The van der Waals surface area contributed by atoms with Crippen molar-refractivity contribution in [3.8, 4) is 0 Å². The van der Waals surface area contributed by atoms with Gasteiger partial charge in [0.05, 0.1) is 10.4 Å². The van der Waals surface area contributed by atoms with Crippen molar-refractivity contribution in [2.24, 2.45) is 5.92 Å². The minimum absolute atomic E-state index is 0.0931. The average molecular weight is 246 g/mol. The van der Waals surface area contributed by atoms with Crippen molar-refractivity contribution in [1.29, 1.82) is 0 Å². The number of halogens is 1. The summed E-state index contributed by atoms with van der Waals surface area (Å²) in [5, 5.41) is 13.0. The van der Waals surface area contributed by atoms with Gasteiger partial charge in [0.2, 0.25) is 0 Å². The Morgan fingerprint density at radius 3 is 2.93 bits per heavy atom. The van der Waals surface area contributed by atoms with E-state index in [4.69, 9.17) is 11.6 Å². The van der Waals surface area contributed by atoms with Crippen LogP contribution < -0.4 is 5.32 Å². The van der Waals surface area contributed by atoms with Gasteiger partial charge in [-0.2, -0.15) is 0 Å². The van der Waals surface area contributed by atoms with Crippen LogP contribution in [0.5, 0.6) is 0 Å². The monoisotopic (exact) mass is 245 g/mol. The number of aliphatic hydroxyl groups excluding tert-OH is 1. The first kappa shape index (κ1) is 11.4. The fourth-order valence-corrected chi connectivity index (χ4v) is 3.14. The number of nitrogens with one attached hydrogen (secondary N) is 1. The SMILES string of the molecule is OC1CCCC1CNCc1ccc(Cl)s1. The molecule has 0 saturated heterocycles. The van der Waals surface area contributed by atoms with Crippen molar-refractivity contribution in [3.05, 3.63) is 21.3 Å². The maximum atomic E-state index is 9.63. The first-order valence-electron chi connectivity index (χ1n) is 5.38. The maximum absolute atomic E-state index is 9.63. The van der Waals surface area contributed by atoms with Gasteiger partial charge in [0.15, 0.2) is 0 Å². The summed E-state index contributed by atoms with van der Waals surface area (Å²) in [6, 6.07) is 3.97. The largest absolute Gasteiger partial charge is 0.393 e. The van der Waals surface area contributed by atoms with Crippen LogP contribution >= 0.6 is 22.9 Å². The third-order valence-electron chi connectivity index (χ3n) is 2.95. The molecular weight excluding hydrogens is 230 g/mol. The van der Waals surface area contributed by atoms with Gasteiger partial charge in [0.1, 0.15) is 0 Å². The average Bonchev–Trinajstić information content (AvgIpc) is 2.77. The van der Waals surface area contributed by atoms with E-state index in [-0.39, 0.29) is 6.10 Å². The van der Waals surface area contributed by atoms with Crippen molar-refractivity contribution < 1.29 is 5.11 Å². The molecule has 0 aliphatic heterocycles. The molecule has 0 bridgehead atoms. The van der Waals surface area contributed by atoms with Gasteiger partial charge < -0.3 is 10.4 Å². The molecule has 0 spiro atoms. The Kier molecular flexibility index (Phi) is 4.03. The number of rotatable bonds is 4. The molecule has 1 heterocycles. The smallest absolute Gasteiger partial charge is 0.0931 e. The molecule has 0 amide bonds. The van der Waals surface area contributed by atoms with Gasteiger partial charge in [-0.15, -0.1) is 11.3 Å². The second-order valence-corrected chi connectivity index (χ2v) is 5.89. The quantitative estimate of drug-likeness (QED) is 0.855. The fourth-order valence-electron chi connectivity index (χ4n) is 2.08. The van der Waals surface area contributed by atoms with Gasteiger partial charge in [-0.25, -0.2) is 0 Å². The third-order valence-corrected chi connectivity index (χ3v) is 4.18. The summed E-state index contributed by atoms with van der Waals surface area (Å²) < 4.78 is 0.840. The molecule has 0 aromatic carbocycles. The van der Waals surface area contributed by atoms with Gasteiger partial charge in [-0.05, 0) is 30.9 Å². The van der Waals surface area contributed by atoms with E-state index in [1.807, 2.05) is 12.1 Å². The number of aliphatic hydroxyl groups is 1. The molecule has 1 aliphatic carbocycles. The minimum Gasteiger partial charge on any atom is -0.393 e. The van der Waals surface area contributed by atoms with Crippen LogP contribution in [0.25, 0.3) is 0 Å². The van der Waals surface area contributed by atoms with E-state index < -0.39 is 0 Å². The molecule has 2 atom stereocenters. The van der Waals surface area contributed by atoms with Gasteiger partial charge in [0.25, 0.3) is 0 Å². The van der Waals surface area contributed by atoms with E-state index in [0.717, 1.165) is 30.3 Å². The molecule has 0 radical (unpaired) electrons. The standard InChI is InChI=1S/C11H16ClNOS/c12-11-5-4-9(15-11)7-13-6-8-2-1-3-10(8)14/h4-5,8,10,13-14H,1-3,6-7H2. The summed E-state index contributed by atoms with van der Waals surface area (Å²) in [6.45, 7) is 1.78. The van der Waals surface area contributed by atoms with Gasteiger partial charge in [0, 0.05) is 18.0 Å². The summed E-state index contributed by atoms with van der Waals surface area (Å²) in [4.78, 5) is 1.26. The van der Waals surface area contributed by atoms with Crippen molar-refractivity contribution in [2.75, 3.05) is 6.54 Å². The lowest BCUT2D eigenvalue weighted by atomic mass is 10.1. The number of hydrogen-bond donors (Lipinski definition) is 2. The van der Waals surface area contributed by atoms with Crippen LogP contribution in [-0.4, -0.2) is 17.8 Å². The van der Waals surface area contributed by atoms with Crippen LogP contribution in [0.1, 0.15) is 24.1 Å². The second kappa shape index (κ2) is 5.30. The second-order valence-electron chi connectivity index (χ2n) is 4.10. The van der Waals surface area contributed by atoms with Crippen LogP contribution in [0.3, 0.4) is 0 Å². The summed E-state index contributed by atoms with van der Waals surface area (Å²) in [5.74, 6) is 0.445. The van der Waals surface area contributed by atoms with Gasteiger partial charge in [-0.1, -0.05) is 18.0 Å². The molecule has 1 saturated carbocycles. The topological polar surface area (TPSA) is 32.3 Å². The lowest BCUT2D eigenvalue weighted by Gasteiger charge is -2.14. The highest BCUT2D eigenvalue weighted by Gasteiger charge is 2.24. The van der Waals surface area contributed by atoms with Crippen LogP contribution in [0.2, 0.25) is 4.34 Å². The number of thiophene rings is 1. The van der Waals surface area contributed by atoms with Crippen LogP contribution in [0.4, 0.5) is 0 Å². The van der Waals surface area contributed by atoms with Crippen LogP contribution in [0, 0.1) is 5.92 Å². The molecule has 15 heavy (non-hydrogen) atoms. The van der Waals surface area contributed by atoms with E-state index in [9.17, 15) is 5.11 Å². The zero-order valence-corrected chi connectivity index (χ0v) is 10.2. The molecule has 1 aromatic heterocycles. The normalized spacial score (nSPS) is 26.0. The Balaban J connectivity index is 1.70. The van der Waals surface area contributed by atoms with Crippen LogP contribution in [0.15, 0.2) is 12.1 Å². The highest BCUT2D eigenvalue weighted by atomic mass is 35.5. The molecule has 2 nitrogen and oxygen atoms in total. The molecule has 2 N–H and O–H groups in total. The zero-order valence-electron chi connectivity index (χ0n) is 8.58. The Morgan fingerprint density at radius 2 is 2.33 bits per heavy atom.